The van der Waals surface area contributed by atoms with Crippen LogP contribution in [-0.4, -0.2) is 11.6 Å². The highest BCUT2D eigenvalue weighted by atomic mass is 16.1. The monoisotopic (exact) mass is 292 g/mol. The molecule has 2 saturated carbocycles. The van der Waals surface area contributed by atoms with Crippen molar-refractivity contribution in [3.63, 3.8) is 0 Å². The van der Waals surface area contributed by atoms with Gasteiger partial charge in [-0.1, -0.05) is 64.2 Å². The summed E-state index contributed by atoms with van der Waals surface area (Å²) in [6.45, 7) is 0. The van der Waals surface area contributed by atoms with E-state index in [2.05, 4.69) is 0 Å². The van der Waals surface area contributed by atoms with Crippen LogP contribution in [0.4, 0.5) is 0 Å². The summed E-state index contributed by atoms with van der Waals surface area (Å²) in [6.07, 6.45) is 16.8. The molecule has 2 aliphatic carbocycles. The predicted molar refractivity (Wildman–Crippen MR) is 86.2 cm³/mol. The van der Waals surface area contributed by atoms with Crippen LogP contribution in [0.3, 0.4) is 0 Å². The highest BCUT2D eigenvalue weighted by molar-refractivity contribution is 5.98. The van der Waals surface area contributed by atoms with Gasteiger partial charge in [0.05, 0.1) is 6.42 Å². The Bertz CT molecular complexity index is 290. The molecule has 21 heavy (non-hydrogen) atoms. The van der Waals surface area contributed by atoms with Gasteiger partial charge in [-0.2, -0.15) is 0 Å². The van der Waals surface area contributed by atoms with Crippen molar-refractivity contribution in [3.8, 4) is 0 Å². The molecule has 0 atom stereocenters. The van der Waals surface area contributed by atoms with Crippen LogP contribution in [0.5, 0.6) is 0 Å². The van der Waals surface area contributed by atoms with Crippen LogP contribution in [-0.2, 0) is 9.59 Å². The number of ketones is 2. The van der Waals surface area contributed by atoms with E-state index < -0.39 is 0 Å². The molecule has 0 spiro atoms. The van der Waals surface area contributed by atoms with E-state index in [0.29, 0.717) is 12.8 Å². The maximum atomic E-state index is 11.9. The molecule has 120 valence electrons. The quantitative estimate of drug-likeness (QED) is 0.574. The number of Topliss-reactive ketones (excluding diaryl/α,β-unsaturated/α-hetero) is 2. The molecule has 0 aliphatic heterocycles. The molecule has 0 aromatic carbocycles. The lowest BCUT2D eigenvalue weighted by atomic mass is 9.84. The van der Waals surface area contributed by atoms with Gasteiger partial charge in [0.25, 0.3) is 0 Å². The highest BCUT2D eigenvalue weighted by Gasteiger charge is 2.18. The van der Waals surface area contributed by atoms with E-state index in [1.165, 1.54) is 64.2 Å². The minimum atomic E-state index is 0.189. The summed E-state index contributed by atoms with van der Waals surface area (Å²) in [5.74, 6) is 1.88. The van der Waals surface area contributed by atoms with Crippen molar-refractivity contribution in [2.75, 3.05) is 0 Å². The molecule has 2 fully saturated rings. The Hall–Kier alpha value is -0.660. The van der Waals surface area contributed by atoms with Gasteiger partial charge >= 0.3 is 0 Å². The van der Waals surface area contributed by atoms with Gasteiger partial charge in [0.2, 0.25) is 0 Å². The van der Waals surface area contributed by atoms with Crippen molar-refractivity contribution < 1.29 is 9.59 Å². The van der Waals surface area contributed by atoms with Crippen molar-refractivity contribution in [2.24, 2.45) is 11.8 Å². The summed E-state index contributed by atoms with van der Waals surface area (Å²) in [5.41, 5.74) is 0. The third-order valence-corrected chi connectivity index (χ3v) is 5.51. The molecule has 0 unspecified atom stereocenters. The first-order chi connectivity index (χ1) is 10.2. The van der Waals surface area contributed by atoms with Gasteiger partial charge in [0, 0.05) is 12.8 Å². The fourth-order valence-electron chi connectivity index (χ4n) is 4.08. The molecule has 2 rings (SSSR count). The van der Waals surface area contributed by atoms with Crippen LogP contribution in [0.15, 0.2) is 0 Å². The Kier molecular flexibility index (Phi) is 7.46. The van der Waals surface area contributed by atoms with Gasteiger partial charge < -0.3 is 0 Å². The minimum Gasteiger partial charge on any atom is -0.299 e. The lowest BCUT2D eigenvalue weighted by Gasteiger charge is -2.21. The van der Waals surface area contributed by atoms with E-state index >= 15 is 0 Å². The highest BCUT2D eigenvalue weighted by Crippen LogP contribution is 2.28. The molecule has 0 saturated heterocycles. The summed E-state index contributed by atoms with van der Waals surface area (Å²) in [4.78, 5) is 23.9. The predicted octanol–water partition coefficient (Wildman–Crippen LogP) is 5.24. The Balaban J connectivity index is 1.54. The van der Waals surface area contributed by atoms with Crippen LogP contribution in [0.1, 0.15) is 96.3 Å². The van der Waals surface area contributed by atoms with Crippen LogP contribution in [0.2, 0.25) is 0 Å². The molecule has 0 aromatic rings. The largest absolute Gasteiger partial charge is 0.299 e. The van der Waals surface area contributed by atoms with Crippen molar-refractivity contribution in [1.29, 1.82) is 0 Å². The SMILES string of the molecule is O=C(CCC1CCCCC1)CC(=O)CCC1CCCCC1. The lowest BCUT2D eigenvalue weighted by Crippen LogP contribution is -2.13. The van der Waals surface area contributed by atoms with Crippen molar-refractivity contribution in [2.45, 2.75) is 96.3 Å². The molecular formula is C19H32O2. The van der Waals surface area contributed by atoms with E-state index in [4.69, 9.17) is 0 Å². The Morgan fingerprint density at radius 2 is 1.00 bits per heavy atom. The topological polar surface area (TPSA) is 34.1 Å². The second kappa shape index (κ2) is 9.38. The second-order valence-electron chi connectivity index (χ2n) is 7.34. The molecule has 0 radical (unpaired) electrons. The minimum absolute atomic E-state index is 0.189. The molecular weight excluding hydrogens is 260 g/mol. The molecule has 2 nitrogen and oxygen atoms in total. The molecule has 2 aliphatic rings. The van der Waals surface area contributed by atoms with Gasteiger partial charge in [0.15, 0.2) is 0 Å². The zero-order chi connectivity index (χ0) is 14.9. The molecule has 0 aromatic heterocycles. The molecule has 0 N–H and O–H groups in total. The standard InChI is InChI=1S/C19H32O2/c20-18(13-11-16-7-3-1-4-8-16)15-19(21)14-12-17-9-5-2-6-10-17/h16-17H,1-15H2. The third kappa shape index (κ3) is 6.76. The smallest absolute Gasteiger partial charge is 0.140 e. The maximum absolute atomic E-state index is 11.9. The van der Waals surface area contributed by atoms with Crippen LogP contribution < -0.4 is 0 Å². The Morgan fingerprint density at radius 1 is 0.619 bits per heavy atom. The number of carbonyl (C=O) groups excluding carboxylic acids is 2. The summed E-state index contributed by atoms with van der Waals surface area (Å²) >= 11 is 0. The van der Waals surface area contributed by atoms with Gasteiger partial charge in [-0.05, 0) is 24.7 Å². The van der Waals surface area contributed by atoms with Gasteiger partial charge in [-0.15, -0.1) is 0 Å². The fourth-order valence-corrected chi connectivity index (χ4v) is 4.08. The number of rotatable bonds is 8. The van der Waals surface area contributed by atoms with E-state index in [1.54, 1.807) is 0 Å². The van der Waals surface area contributed by atoms with Gasteiger partial charge in [-0.3, -0.25) is 9.59 Å². The van der Waals surface area contributed by atoms with Crippen molar-refractivity contribution >= 4 is 11.6 Å². The molecule has 0 heterocycles. The molecule has 2 heteroatoms. The Morgan fingerprint density at radius 3 is 1.38 bits per heavy atom. The normalized spacial score (nSPS) is 21.3. The van der Waals surface area contributed by atoms with E-state index in [1.807, 2.05) is 0 Å². The number of hydrogen-bond acceptors (Lipinski definition) is 2. The van der Waals surface area contributed by atoms with E-state index in [0.717, 1.165) is 24.7 Å². The van der Waals surface area contributed by atoms with Crippen LogP contribution >= 0.6 is 0 Å². The summed E-state index contributed by atoms with van der Waals surface area (Å²) in [5, 5.41) is 0. The average molecular weight is 292 g/mol. The van der Waals surface area contributed by atoms with E-state index in [9.17, 15) is 9.59 Å². The summed E-state index contributed by atoms with van der Waals surface area (Å²) in [6, 6.07) is 0. The summed E-state index contributed by atoms with van der Waals surface area (Å²) in [7, 11) is 0. The first-order valence-electron chi connectivity index (χ1n) is 9.27. The van der Waals surface area contributed by atoms with Crippen molar-refractivity contribution in [3.05, 3.63) is 0 Å². The van der Waals surface area contributed by atoms with Crippen LogP contribution in [0.25, 0.3) is 0 Å². The van der Waals surface area contributed by atoms with Gasteiger partial charge in [0.1, 0.15) is 11.6 Å². The summed E-state index contributed by atoms with van der Waals surface area (Å²) < 4.78 is 0. The zero-order valence-electron chi connectivity index (χ0n) is 13.6. The molecule has 0 bridgehead atoms. The van der Waals surface area contributed by atoms with E-state index in [-0.39, 0.29) is 18.0 Å². The van der Waals surface area contributed by atoms with Crippen molar-refractivity contribution in [1.82, 2.24) is 0 Å². The average Bonchev–Trinajstić information content (AvgIpc) is 2.53. The first kappa shape index (κ1) is 16.7. The zero-order valence-corrected chi connectivity index (χ0v) is 13.6. The van der Waals surface area contributed by atoms with Crippen LogP contribution in [0, 0.1) is 11.8 Å². The number of hydrogen-bond donors (Lipinski definition) is 0. The lowest BCUT2D eigenvalue weighted by molar-refractivity contribution is -0.127. The first-order valence-corrected chi connectivity index (χ1v) is 9.27. The van der Waals surface area contributed by atoms with Gasteiger partial charge in [-0.25, -0.2) is 0 Å². The number of carbonyl (C=O) groups is 2. The maximum Gasteiger partial charge on any atom is 0.140 e. The fraction of sp³-hybridized carbons (Fsp3) is 0.895. The molecule has 0 amide bonds. The third-order valence-electron chi connectivity index (χ3n) is 5.51. The second-order valence-corrected chi connectivity index (χ2v) is 7.34. The Labute approximate surface area is 130 Å².